The zero-order valence-corrected chi connectivity index (χ0v) is 30.2. The van der Waals surface area contributed by atoms with E-state index >= 15 is 0 Å². The van der Waals surface area contributed by atoms with Crippen LogP contribution in [0.2, 0.25) is 0 Å². The van der Waals surface area contributed by atoms with Gasteiger partial charge < -0.3 is 14.2 Å². The average Bonchev–Trinajstić information content (AvgIpc) is 3.65. The number of benzene rings is 2. The molecule has 0 bridgehead atoms. The van der Waals surface area contributed by atoms with Gasteiger partial charge in [-0.05, 0) is 28.7 Å². The summed E-state index contributed by atoms with van der Waals surface area (Å²) >= 11 is 1.70. The fraction of sp³-hybridized carbons (Fsp3) is 0.417. The summed E-state index contributed by atoms with van der Waals surface area (Å²) < 4.78 is 34.4. The molecule has 0 radical (unpaired) electrons. The first-order valence-electron chi connectivity index (χ1n) is 16.8. The number of nitrogens with zero attached hydrogens (tertiary/aromatic N) is 7. The molecule has 2 aliphatic heterocycles. The van der Waals surface area contributed by atoms with Crippen LogP contribution in [0.1, 0.15) is 42.3 Å². The summed E-state index contributed by atoms with van der Waals surface area (Å²) in [6, 6.07) is 19.4. The fourth-order valence-electron chi connectivity index (χ4n) is 6.50. The number of fused-ring (bicyclic) bond motifs is 2. The number of hydrazone groups is 1. The van der Waals surface area contributed by atoms with Crippen molar-refractivity contribution < 1.29 is 13.2 Å². The molecule has 1 N–H and O–H groups in total. The van der Waals surface area contributed by atoms with E-state index in [0.29, 0.717) is 45.3 Å². The largest absolute Gasteiger partial charge is 0.378 e. The predicted octanol–water partition coefficient (Wildman–Crippen LogP) is 5.35. The van der Waals surface area contributed by atoms with Gasteiger partial charge in [0.2, 0.25) is 16.0 Å². The number of piperazine rings is 1. The molecule has 0 spiro atoms. The lowest BCUT2D eigenvalue weighted by Gasteiger charge is -2.32. The molecular formula is C36H44N8O3S2. The van der Waals surface area contributed by atoms with Crippen molar-refractivity contribution in [1.29, 1.82) is 0 Å². The van der Waals surface area contributed by atoms with Crippen molar-refractivity contribution in [1.82, 2.24) is 23.7 Å². The Morgan fingerprint density at radius 3 is 2.41 bits per heavy atom. The van der Waals surface area contributed by atoms with Gasteiger partial charge in [-0.1, -0.05) is 63.2 Å². The standard InChI is InChI=1S/C36H44N8O3S2/c1-36(2,3)28-11-9-26(10-12-28)23-43-24-27(30-7-5-6-8-32(30)43)22-37-40-35-38-31-21-29(25-41-13-15-44(16-14-41)49(4,45)46)48-33(31)34(39-35)42-17-19-47-20-18-42/h5-12,21-22,24H,13-20,23,25H2,1-4H3,(H,38,39,40)/b37-22+. The number of thiophene rings is 1. The maximum Gasteiger partial charge on any atom is 0.246 e. The molecule has 5 heterocycles. The van der Waals surface area contributed by atoms with Crippen LogP contribution < -0.4 is 10.3 Å². The van der Waals surface area contributed by atoms with E-state index in [9.17, 15) is 8.42 Å². The quantitative estimate of drug-likeness (QED) is 0.162. The minimum Gasteiger partial charge on any atom is -0.378 e. The van der Waals surface area contributed by atoms with Gasteiger partial charge in [0.15, 0.2) is 5.82 Å². The summed E-state index contributed by atoms with van der Waals surface area (Å²) in [6.07, 6.45) is 5.28. The number of ether oxygens (including phenoxy) is 1. The second kappa shape index (κ2) is 13.8. The van der Waals surface area contributed by atoms with Crippen molar-refractivity contribution in [3.8, 4) is 0 Å². The summed E-state index contributed by atoms with van der Waals surface area (Å²) in [5, 5.41) is 5.76. The van der Waals surface area contributed by atoms with Crippen LogP contribution in [-0.4, -0.2) is 97.1 Å². The van der Waals surface area contributed by atoms with Crippen LogP contribution in [0, 0.1) is 0 Å². The van der Waals surface area contributed by atoms with Crippen LogP contribution in [0.5, 0.6) is 0 Å². The van der Waals surface area contributed by atoms with E-state index in [-0.39, 0.29) is 5.41 Å². The summed E-state index contributed by atoms with van der Waals surface area (Å²) in [6.45, 7) is 13.5. The number of aromatic nitrogens is 3. The minimum absolute atomic E-state index is 0.122. The molecule has 0 aliphatic carbocycles. The Hall–Kier alpha value is -3.88. The van der Waals surface area contributed by atoms with E-state index in [1.807, 2.05) is 6.21 Å². The van der Waals surface area contributed by atoms with Crippen molar-refractivity contribution in [2.45, 2.75) is 39.3 Å². The number of sulfonamides is 1. The summed E-state index contributed by atoms with van der Waals surface area (Å²) in [7, 11) is -3.16. The SMILES string of the molecule is CC(C)(C)c1ccc(Cn2cc(/C=N/Nc3nc(N4CCOCC4)c4sc(CN5CCN(S(C)(=O)=O)CC5)cc4n3)c3ccccc32)cc1. The van der Waals surface area contributed by atoms with Crippen molar-refractivity contribution in [2.75, 3.05) is 69.1 Å². The lowest BCUT2D eigenvalue weighted by molar-refractivity contribution is 0.122. The highest BCUT2D eigenvalue weighted by Crippen LogP contribution is 2.34. The van der Waals surface area contributed by atoms with Gasteiger partial charge in [0.25, 0.3) is 0 Å². The topological polar surface area (TPSA) is 108 Å². The summed E-state index contributed by atoms with van der Waals surface area (Å²) in [5.41, 5.74) is 8.87. The maximum absolute atomic E-state index is 12.0. The van der Waals surface area contributed by atoms with Gasteiger partial charge in [0, 0.05) is 79.9 Å². The first-order chi connectivity index (χ1) is 23.5. The molecule has 0 atom stereocenters. The van der Waals surface area contributed by atoms with Crippen molar-refractivity contribution in [3.05, 3.63) is 82.4 Å². The minimum atomic E-state index is -3.16. The number of hydrogen-bond donors (Lipinski definition) is 1. The van der Waals surface area contributed by atoms with Gasteiger partial charge in [0.05, 0.1) is 35.9 Å². The predicted molar refractivity (Wildman–Crippen MR) is 200 cm³/mol. The monoisotopic (exact) mass is 700 g/mol. The highest BCUT2D eigenvalue weighted by atomic mass is 32.2. The van der Waals surface area contributed by atoms with E-state index in [1.54, 1.807) is 15.6 Å². The Kier molecular flexibility index (Phi) is 9.46. The molecule has 0 unspecified atom stereocenters. The van der Waals surface area contributed by atoms with Gasteiger partial charge in [-0.25, -0.2) is 18.8 Å². The van der Waals surface area contributed by atoms with E-state index in [4.69, 9.17) is 14.7 Å². The Morgan fingerprint density at radius 1 is 0.959 bits per heavy atom. The lowest BCUT2D eigenvalue weighted by Crippen LogP contribution is -2.47. The Morgan fingerprint density at radius 2 is 1.69 bits per heavy atom. The van der Waals surface area contributed by atoms with Crippen LogP contribution in [0.15, 0.2) is 65.9 Å². The number of hydrogen-bond acceptors (Lipinski definition) is 10. The van der Waals surface area contributed by atoms with Gasteiger partial charge in [-0.3, -0.25) is 4.90 Å². The zero-order chi connectivity index (χ0) is 34.2. The van der Waals surface area contributed by atoms with E-state index in [1.165, 1.54) is 22.3 Å². The molecule has 7 rings (SSSR count). The molecule has 0 amide bonds. The molecule has 49 heavy (non-hydrogen) atoms. The Bertz CT molecular complexity index is 2070. The van der Waals surface area contributed by atoms with Gasteiger partial charge in [-0.15, -0.1) is 11.3 Å². The smallest absolute Gasteiger partial charge is 0.246 e. The average molecular weight is 701 g/mol. The molecule has 3 aromatic heterocycles. The third kappa shape index (κ3) is 7.65. The van der Waals surface area contributed by atoms with E-state index < -0.39 is 10.0 Å². The number of rotatable bonds is 9. The maximum atomic E-state index is 12.0. The molecule has 13 heteroatoms. The van der Waals surface area contributed by atoms with Crippen molar-refractivity contribution in [3.63, 3.8) is 0 Å². The van der Waals surface area contributed by atoms with Gasteiger partial charge in [-0.2, -0.15) is 14.4 Å². The van der Waals surface area contributed by atoms with Crippen LogP contribution in [0.25, 0.3) is 21.1 Å². The molecule has 2 saturated heterocycles. The van der Waals surface area contributed by atoms with Crippen LogP contribution >= 0.6 is 11.3 Å². The van der Waals surface area contributed by atoms with Crippen molar-refractivity contribution in [2.24, 2.45) is 5.10 Å². The highest BCUT2D eigenvalue weighted by Gasteiger charge is 2.25. The number of morpholine rings is 1. The molecule has 2 aromatic carbocycles. The third-order valence-electron chi connectivity index (χ3n) is 9.26. The molecular weight excluding hydrogens is 657 g/mol. The fourth-order valence-corrected chi connectivity index (χ4v) is 8.48. The first kappa shape index (κ1) is 33.6. The van der Waals surface area contributed by atoms with E-state index in [0.717, 1.165) is 58.7 Å². The molecule has 2 aliphatic rings. The normalized spacial score (nSPS) is 17.1. The number of para-hydroxylation sites is 1. The van der Waals surface area contributed by atoms with Crippen LogP contribution in [0.4, 0.5) is 11.8 Å². The molecule has 2 fully saturated rings. The van der Waals surface area contributed by atoms with Crippen LogP contribution in [0.3, 0.4) is 0 Å². The second-order valence-electron chi connectivity index (χ2n) is 13.9. The Balaban J connectivity index is 1.11. The third-order valence-corrected chi connectivity index (χ3v) is 11.7. The summed E-state index contributed by atoms with van der Waals surface area (Å²) in [4.78, 5) is 15.6. The zero-order valence-electron chi connectivity index (χ0n) is 28.6. The highest BCUT2D eigenvalue weighted by molar-refractivity contribution is 7.88. The molecule has 5 aromatic rings. The molecule has 11 nitrogen and oxygen atoms in total. The van der Waals surface area contributed by atoms with Gasteiger partial charge in [0.1, 0.15) is 0 Å². The van der Waals surface area contributed by atoms with Crippen molar-refractivity contribution >= 4 is 60.5 Å². The second-order valence-corrected chi connectivity index (χ2v) is 17.0. The lowest BCUT2D eigenvalue weighted by atomic mass is 9.87. The van der Waals surface area contributed by atoms with Crippen LogP contribution in [-0.2, 0) is 33.3 Å². The number of nitrogens with one attached hydrogen (secondary N) is 1. The number of anilines is 2. The first-order valence-corrected chi connectivity index (χ1v) is 19.4. The molecule has 0 saturated carbocycles. The van der Waals surface area contributed by atoms with Gasteiger partial charge >= 0.3 is 0 Å². The summed E-state index contributed by atoms with van der Waals surface area (Å²) in [5.74, 6) is 1.33. The Labute approximate surface area is 292 Å². The molecule has 258 valence electrons. The van der Waals surface area contributed by atoms with E-state index in [2.05, 4.69) is 106 Å².